The highest BCUT2D eigenvalue weighted by Crippen LogP contribution is 2.29. The number of rotatable bonds is 11. The first-order chi connectivity index (χ1) is 14.6. The molecule has 0 aliphatic heterocycles. The fourth-order valence-electron chi connectivity index (χ4n) is 2.41. The van der Waals surface area contributed by atoms with E-state index in [1.165, 1.54) is 23.5 Å². The van der Waals surface area contributed by atoms with E-state index in [0.29, 0.717) is 13.2 Å². The third-order valence-corrected chi connectivity index (χ3v) is 5.92. The first-order valence-corrected chi connectivity index (χ1v) is 11.6. The molecule has 0 radical (unpaired) electrons. The predicted octanol–water partition coefficient (Wildman–Crippen LogP) is 4.92. The van der Waals surface area contributed by atoms with Gasteiger partial charge in [-0.3, -0.25) is 14.6 Å². The number of hydrogen-bond acceptors (Lipinski definition) is 7. The van der Waals surface area contributed by atoms with Gasteiger partial charge in [-0.1, -0.05) is 60.7 Å². The van der Waals surface area contributed by atoms with Crippen LogP contribution < -0.4 is 0 Å². The SMILES string of the molecule is CCOC(=O)CSC(=CN=C(c1ccccc1)c1ccccc1)SCC(=O)OCC. The van der Waals surface area contributed by atoms with Crippen molar-refractivity contribution in [3.63, 3.8) is 0 Å². The second-order valence-electron chi connectivity index (χ2n) is 5.85. The van der Waals surface area contributed by atoms with Crippen molar-refractivity contribution in [1.29, 1.82) is 0 Å². The minimum Gasteiger partial charge on any atom is -0.465 e. The summed E-state index contributed by atoms with van der Waals surface area (Å²) in [6.45, 7) is 4.20. The summed E-state index contributed by atoms with van der Waals surface area (Å²) in [5, 5.41) is 0. The highest BCUT2D eigenvalue weighted by Gasteiger charge is 2.11. The number of esters is 2. The van der Waals surface area contributed by atoms with Crippen molar-refractivity contribution in [1.82, 2.24) is 0 Å². The van der Waals surface area contributed by atoms with Crippen molar-refractivity contribution in [2.45, 2.75) is 13.8 Å². The Hall–Kier alpha value is -2.51. The molecule has 0 saturated carbocycles. The molecule has 0 spiro atoms. The number of ether oxygens (including phenoxy) is 2. The lowest BCUT2D eigenvalue weighted by molar-refractivity contribution is -0.140. The minimum atomic E-state index is -0.305. The molecule has 0 fully saturated rings. The van der Waals surface area contributed by atoms with Crippen molar-refractivity contribution >= 4 is 41.2 Å². The van der Waals surface area contributed by atoms with Crippen LogP contribution in [-0.2, 0) is 19.1 Å². The van der Waals surface area contributed by atoms with Gasteiger partial charge in [0.05, 0.1) is 34.7 Å². The van der Waals surface area contributed by atoms with Crippen LogP contribution in [0.5, 0.6) is 0 Å². The summed E-state index contributed by atoms with van der Waals surface area (Å²) in [5.41, 5.74) is 2.76. The van der Waals surface area contributed by atoms with Gasteiger partial charge < -0.3 is 9.47 Å². The molecule has 2 aromatic carbocycles. The number of hydrogen-bond donors (Lipinski definition) is 0. The van der Waals surface area contributed by atoms with Crippen molar-refractivity contribution in [2.75, 3.05) is 24.7 Å². The Labute approximate surface area is 186 Å². The summed E-state index contributed by atoms with van der Waals surface area (Å²) in [5.74, 6) is -0.311. The standard InChI is InChI=1S/C23H25NO4S2/c1-3-27-20(25)16-29-22(30-17-21(26)28-4-2)15-24-23(18-11-7-5-8-12-18)19-13-9-6-10-14-19/h5-15H,3-4,16-17H2,1-2H3. The summed E-state index contributed by atoms with van der Waals surface area (Å²) in [6.07, 6.45) is 1.70. The molecule has 0 saturated heterocycles. The molecular weight excluding hydrogens is 418 g/mol. The molecule has 7 heteroatoms. The summed E-state index contributed by atoms with van der Waals surface area (Å²) < 4.78 is 10.7. The molecule has 158 valence electrons. The fourth-order valence-corrected chi connectivity index (χ4v) is 4.03. The van der Waals surface area contributed by atoms with Gasteiger partial charge in [-0.05, 0) is 13.8 Å². The lowest BCUT2D eigenvalue weighted by atomic mass is 10.0. The lowest BCUT2D eigenvalue weighted by Gasteiger charge is -2.08. The normalized spacial score (nSPS) is 10.1. The summed E-state index contributed by atoms with van der Waals surface area (Å²) in [4.78, 5) is 28.2. The zero-order valence-electron chi connectivity index (χ0n) is 17.1. The average Bonchev–Trinajstić information content (AvgIpc) is 2.77. The number of carbonyl (C=O) groups excluding carboxylic acids is 2. The van der Waals surface area contributed by atoms with E-state index in [1.54, 1.807) is 20.0 Å². The van der Waals surface area contributed by atoms with Crippen molar-refractivity contribution < 1.29 is 19.1 Å². The van der Waals surface area contributed by atoms with Crippen molar-refractivity contribution in [3.05, 3.63) is 82.2 Å². The molecule has 5 nitrogen and oxygen atoms in total. The van der Waals surface area contributed by atoms with Crippen LogP contribution in [0.25, 0.3) is 0 Å². The van der Waals surface area contributed by atoms with E-state index >= 15 is 0 Å². The van der Waals surface area contributed by atoms with Crippen LogP contribution in [0.3, 0.4) is 0 Å². The molecule has 0 amide bonds. The molecule has 0 aliphatic carbocycles. The van der Waals surface area contributed by atoms with Crippen LogP contribution in [0.4, 0.5) is 0 Å². The zero-order chi connectivity index (χ0) is 21.6. The molecule has 0 aromatic heterocycles. The first-order valence-electron chi connectivity index (χ1n) is 9.59. The number of benzene rings is 2. The van der Waals surface area contributed by atoms with Gasteiger partial charge in [0.2, 0.25) is 0 Å². The van der Waals surface area contributed by atoms with Crippen LogP contribution in [0.2, 0.25) is 0 Å². The Kier molecular flexibility index (Phi) is 10.8. The van der Waals surface area contributed by atoms with Gasteiger partial charge in [0.1, 0.15) is 0 Å². The number of carbonyl (C=O) groups is 2. The van der Waals surface area contributed by atoms with Crippen LogP contribution in [0.1, 0.15) is 25.0 Å². The van der Waals surface area contributed by atoms with Crippen LogP contribution in [-0.4, -0.2) is 42.4 Å². The summed E-state index contributed by atoms with van der Waals surface area (Å²) in [7, 11) is 0. The van der Waals surface area contributed by atoms with Crippen LogP contribution in [0.15, 0.2) is 76.1 Å². The van der Waals surface area contributed by atoms with Crippen LogP contribution in [0, 0.1) is 0 Å². The zero-order valence-corrected chi connectivity index (χ0v) is 18.7. The van der Waals surface area contributed by atoms with E-state index in [0.717, 1.165) is 21.1 Å². The topological polar surface area (TPSA) is 65.0 Å². The third-order valence-electron chi connectivity index (χ3n) is 3.67. The van der Waals surface area contributed by atoms with E-state index in [2.05, 4.69) is 0 Å². The quantitative estimate of drug-likeness (QED) is 0.363. The van der Waals surface area contributed by atoms with E-state index in [4.69, 9.17) is 14.5 Å². The Morgan fingerprint density at radius 3 is 1.63 bits per heavy atom. The highest BCUT2D eigenvalue weighted by atomic mass is 32.2. The summed E-state index contributed by atoms with van der Waals surface area (Å²) in [6, 6.07) is 19.7. The smallest absolute Gasteiger partial charge is 0.316 e. The van der Waals surface area contributed by atoms with Crippen LogP contribution >= 0.6 is 23.5 Å². The van der Waals surface area contributed by atoms with Gasteiger partial charge >= 0.3 is 11.9 Å². The molecule has 0 N–H and O–H groups in total. The average molecular weight is 444 g/mol. The first kappa shape index (κ1) is 23.8. The van der Waals surface area contributed by atoms with Gasteiger partial charge in [-0.15, -0.1) is 23.5 Å². The fraction of sp³-hybridized carbons (Fsp3) is 0.261. The monoisotopic (exact) mass is 443 g/mol. The molecule has 30 heavy (non-hydrogen) atoms. The number of aliphatic imine (C=N–C) groups is 1. The molecular formula is C23H25NO4S2. The van der Waals surface area contributed by atoms with Gasteiger partial charge in [0.25, 0.3) is 0 Å². The Bertz CT molecular complexity index is 802. The molecule has 2 aromatic rings. The van der Waals surface area contributed by atoms with Gasteiger partial charge in [0, 0.05) is 17.3 Å². The number of nitrogens with zero attached hydrogens (tertiary/aromatic N) is 1. The summed E-state index contributed by atoms with van der Waals surface area (Å²) >= 11 is 2.59. The van der Waals surface area contributed by atoms with E-state index in [-0.39, 0.29) is 23.4 Å². The predicted molar refractivity (Wildman–Crippen MR) is 125 cm³/mol. The van der Waals surface area contributed by atoms with Gasteiger partial charge in [0.15, 0.2) is 0 Å². The minimum absolute atomic E-state index is 0.150. The highest BCUT2D eigenvalue weighted by molar-refractivity contribution is 8.22. The van der Waals surface area contributed by atoms with E-state index < -0.39 is 0 Å². The second-order valence-corrected chi connectivity index (χ2v) is 8.14. The second kappa shape index (κ2) is 13.7. The maximum Gasteiger partial charge on any atom is 0.316 e. The van der Waals surface area contributed by atoms with E-state index in [9.17, 15) is 9.59 Å². The maximum absolute atomic E-state index is 11.8. The Balaban J connectivity index is 2.29. The van der Waals surface area contributed by atoms with Gasteiger partial charge in [-0.2, -0.15) is 0 Å². The lowest BCUT2D eigenvalue weighted by Crippen LogP contribution is -2.08. The Morgan fingerprint density at radius 1 is 0.800 bits per heavy atom. The van der Waals surface area contributed by atoms with E-state index in [1.807, 2.05) is 60.7 Å². The molecule has 0 unspecified atom stereocenters. The largest absolute Gasteiger partial charge is 0.465 e. The number of thioether (sulfide) groups is 2. The molecule has 0 heterocycles. The molecule has 0 bridgehead atoms. The van der Waals surface area contributed by atoms with Crippen molar-refractivity contribution in [2.24, 2.45) is 4.99 Å². The third kappa shape index (κ3) is 8.47. The molecule has 0 atom stereocenters. The Morgan fingerprint density at radius 2 is 1.23 bits per heavy atom. The maximum atomic E-state index is 11.8. The van der Waals surface area contributed by atoms with Crippen molar-refractivity contribution in [3.8, 4) is 0 Å². The molecule has 2 rings (SSSR count). The van der Waals surface area contributed by atoms with Gasteiger partial charge in [-0.25, -0.2) is 0 Å². The molecule has 0 aliphatic rings.